The second kappa shape index (κ2) is 8.12. The molecule has 2 heterocycles. The van der Waals surface area contributed by atoms with Crippen LogP contribution in [0.15, 0.2) is 59.1 Å². The summed E-state index contributed by atoms with van der Waals surface area (Å²) in [6, 6.07) is 17.8. The van der Waals surface area contributed by atoms with Crippen molar-refractivity contribution in [1.29, 1.82) is 0 Å². The van der Waals surface area contributed by atoms with Gasteiger partial charge in [0, 0.05) is 28.8 Å². The Morgan fingerprint density at radius 2 is 1.12 bits per heavy atom. The maximum Gasteiger partial charge on any atom is 0.138 e. The molecule has 4 rings (SSSR count). The third-order valence-electron chi connectivity index (χ3n) is 6.59. The van der Waals surface area contributed by atoms with Gasteiger partial charge in [0.1, 0.15) is 11.3 Å². The molecule has 0 spiro atoms. The summed E-state index contributed by atoms with van der Waals surface area (Å²) in [6.07, 6.45) is 1.94. The normalized spacial score (nSPS) is 13.0. The zero-order chi connectivity index (χ0) is 25.1. The first-order valence-corrected chi connectivity index (χ1v) is 12.3. The quantitative estimate of drug-likeness (QED) is 0.302. The average Bonchev–Trinajstić information content (AvgIpc) is 3.14. The third-order valence-corrected chi connectivity index (χ3v) is 6.59. The molecule has 0 saturated heterocycles. The van der Waals surface area contributed by atoms with Gasteiger partial charge in [0.15, 0.2) is 0 Å². The van der Waals surface area contributed by atoms with Gasteiger partial charge in [0.25, 0.3) is 0 Å². The average molecular weight is 454 g/mol. The zero-order valence-corrected chi connectivity index (χ0v) is 22.6. The molecule has 0 aliphatic rings. The van der Waals surface area contributed by atoms with Gasteiger partial charge >= 0.3 is 0 Å². The Kier molecular flexibility index (Phi) is 5.79. The largest absolute Gasteiger partial charge is 0.456 e. The van der Waals surface area contributed by atoms with Gasteiger partial charge in [-0.2, -0.15) is 0 Å². The van der Waals surface area contributed by atoms with Crippen LogP contribution in [0, 0.1) is 6.92 Å². The highest BCUT2D eigenvalue weighted by Crippen LogP contribution is 2.37. The highest BCUT2D eigenvalue weighted by atomic mass is 16.3. The van der Waals surface area contributed by atoms with Gasteiger partial charge in [-0.05, 0) is 70.2 Å². The first-order chi connectivity index (χ1) is 15.6. The van der Waals surface area contributed by atoms with E-state index in [0.717, 1.165) is 33.6 Å². The van der Waals surface area contributed by atoms with Gasteiger partial charge < -0.3 is 4.42 Å². The molecule has 0 amide bonds. The number of aromatic nitrogens is 1. The fraction of sp³-hybridized carbons (Fsp3) is 0.406. The summed E-state index contributed by atoms with van der Waals surface area (Å²) in [5.41, 5.74) is 9.50. The molecule has 0 bridgehead atoms. The minimum absolute atomic E-state index is 0.0622. The van der Waals surface area contributed by atoms with E-state index >= 15 is 0 Å². The fourth-order valence-electron chi connectivity index (χ4n) is 4.23. The number of hydrogen-bond donors (Lipinski definition) is 0. The number of furan rings is 1. The summed E-state index contributed by atoms with van der Waals surface area (Å²) in [7, 11) is 0. The molecule has 2 aromatic heterocycles. The van der Waals surface area contributed by atoms with Gasteiger partial charge in [-0.3, -0.25) is 4.98 Å². The smallest absolute Gasteiger partial charge is 0.138 e. The summed E-state index contributed by atoms with van der Waals surface area (Å²) in [5, 5.41) is 1.03. The van der Waals surface area contributed by atoms with Crippen LogP contribution in [0.3, 0.4) is 0 Å². The molecule has 2 heteroatoms. The van der Waals surface area contributed by atoms with Crippen LogP contribution in [-0.4, -0.2) is 4.98 Å². The summed E-state index contributed by atoms with van der Waals surface area (Å²) in [4.78, 5) is 4.80. The molecule has 0 unspecified atom stereocenters. The predicted octanol–water partition coefficient (Wildman–Crippen LogP) is 9.36. The maximum absolute atomic E-state index is 6.44. The van der Waals surface area contributed by atoms with E-state index in [4.69, 9.17) is 9.40 Å². The number of aryl methyl sites for hydroxylation is 1. The molecular weight excluding hydrogens is 414 g/mol. The Morgan fingerprint density at radius 3 is 1.68 bits per heavy atom. The molecule has 0 radical (unpaired) electrons. The van der Waals surface area contributed by atoms with Crippen LogP contribution in [0.4, 0.5) is 0 Å². The highest BCUT2D eigenvalue weighted by Gasteiger charge is 2.22. The Bertz CT molecular complexity index is 1320. The van der Waals surface area contributed by atoms with Gasteiger partial charge in [-0.25, -0.2) is 0 Å². The van der Waals surface area contributed by atoms with E-state index in [2.05, 4.69) is 118 Å². The summed E-state index contributed by atoms with van der Waals surface area (Å²) < 4.78 is 6.44. The molecule has 2 nitrogen and oxygen atoms in total. The molecular formula is C32H39NO. The van der Waals surface area contributed by atoms with Crippen molar-refractivity contribution in [2.45, 2.75) is 85.5 Å². The number of pyridine rings is 1. The predicted molar refractivity (Wildman–Crippen MR) is 146 cm³/mol. The first kappa shape index (κ1) is 24.3. The molecule has 2 aromatic carbocycles. The standard InChI is InChI=1S/C32H39NO/c1-20-11-21(13-24(12-20)30(2,3)4)27-18-29-23(19-33-27)16-28(34-29)22-14-25(31(5,6)7)17-26(15-22)32(8,9)10/h11-19H,1-10H3. The van der Waals surface area contributed by atoms with Crippen LogP contribution < -0.4 is 0 Å². The van der Waals surface area contributed by atoms with E-state index in [9.17, 15) is 0 Å². The lowest BCUT2D eigenvalue weighted by Gasteiger charge is -2.26. The molecule has 0 saturated carbocycles. The van der Waals surface area contributed by atoms with Crippen molar-refractivity contribution in [3.8, 4) is 22.6 Å². The van der Waals surface area contributed by atoms with Crippen LogP contribution in [0.2, 0.25) is 0 Å². The zero-order valence-electron chi connectivity index (χ0n) is 22.6. The number of fused-ring (bicyclic) bond motifs is 1. The molecule has 4 aromatic rings. The summed E-state index contributed by atoms with van der Waals surface area (Å²) >= 11 is 0. The number of hydrogen-bond acceptors (Lipinski definition) is 2. The number of benzene rings is 2. The van der Waals surface area contributed by atoms with E-state index in [1.807, 2.05) is 6.20 Å². The van der Waals surface area contributed by atoms with E-state index in [1.54, 1.807) is 0 Å². The Balaban J connectivity index is 1.82. The molecule has 0 fully saturated rings. The molecule has 0 N–H and O–H groups in total. The number of nitrogens with zero attached hydrogens (tertiary/aromatic N) is 1. The Morgan fingerprint density at radius 1 is 0.588 bits per heavy atom. The SMILES string of the molecule is Cc1cc(-c2cc3oc(-c4cc(C(C)(C)C)cc(C(C)(C)C)c4)cc3cn2)cc(C(C)(C)C)c1. The Labute approximate surface area is 205 Å². The van der Waals surface area contributed by atoms with Gasteiger partial charge in [-0.15, -0.1) is 0 Å². The van der Waals surface area contributed by atoms with Crippen molar-refractivity contribution >= 4 is 11.0 Å². The Hall–Kier alpha value is -2.87. The van der Waals surface area contributed by atoms with Crippen molar-refractivity contribution in [2.75, 3.05) is 0 Å². The topological polar surface area (TPSA) is 26.0 Å². The summed E-state index contributed by atoms with van der Waals surface area (Å²) in [6.45, 7) is 22.5. The monoisotopic (exact) mass is 453 g/mol. The van der Waals surface area contributed by atoms with Crippen LogP contribution in [0.5, 0.6) is 0 Å². The minimum atomic E-state index is 0.0622. The van der Waals surface area contributed by atoms with Crippen LogP contribution in [0.25, 0.3) is 33.6 Å². The van der Waals surface area contributed by atoms with Crippen molar-refractivity contribution < 1.29 is 4.42 Å². The minimum Gasteiger partial charge on any atom is -0.456 e. The molecule has 34 heavy (non-hydrogen) atoms. The molecule has 0 atom stereocenters. The first-order valence-electron chi connectivity index (χ1n) is 12.3. The van der Waals surface area contributed by atoms with Crippen molar-refractivity contribution in [2.24, 2.45) is 0 Å². The molecule has 0 aliphatic carbocycles. The third kappa shape index (κ3) is 4.97. The van der Waals surface area contributed by atoms with E-state index in [0.29, 0.717) is 0 Å². The van der Waals surface area contributed by atoms with Crippen molar-refractivity contribution in [3.05, 3.63) is 77.0 Å². The summed E-state index contributed by atoms with van der Waals surface area (Å²) in [5.74, 6) is 0.894. The van der Waals surface area contributed by atoms with E-state index in [1.165, 1.54) is 22.3 Å². The van der Waals surface area contributed by atoms with Gasteiger partial charge in [0.2, 0.25) is 0 Å². The van der Waals surface area contributed by atoms with Crippen molar-refractivity contribution in [1.82, 2.24) is 4.98 Å². The molecule has 0 aliphatic heterocycles. The fourth-order valence-corrected chi connectivity index (χ4v) is 4.23. The van der Waals surface area contributed by atoms with Crippen LogP contribution in [0.1, 0.15) is 84.6 Å². The van der Waals surface area contributed by atoms with Crippen LogP contribution >= 0.6 is 0 Å². The van der Waals surface area contributed by atoms with Gasteiger partial charge in [-0.1, -0.05) is 80.0 Å². The molecule has 178 valence electrons. The lowest BCUT2D eigenvalue weighted by Crippen LogP contribution is -2.16. The maximum atomic E-state index is 6.44. The highest BCUT2D eigenvalue weighted by molar-refractivity contribution is 5.85. The van der Waals surface area contributed by atoms with Gasteiger partial charge in [0.05, 0.1) is 5.69 Å². The van der Waals surface area contributed by atoms with Crippen LogP contribution in [-0.2, 0) is 16.2 Å². The lowest BCUT2D eigenvalue weighted by molar-refractivity contribution is 0.567. The second-order valence-electron chi connectivity index (χ2n) is 12.9. The second-order valence-corrected chi connectivity index (χ2v) is 12.9. The van der Waals surface area contributed by atoms with E-state index < -0.39 is 0 Å². The lowest BCUT2D eigenvalue weighted by atomic mass is 9.79. The van der Waals surface area contributed by atoms with Crippen molar-refractivity contribution in [3.63, 3.8) is 0 Å². The van der Waals surface area contributed by atoms with E-state index in [-0.39, 0.29) is 16.2 Å². The number of rotatable bonds is 2.